The molecular formula is C15H18N2O3S. The Hall–Kier alpha value is -1.82. The Morgan fingerprint density at radius 3 is 2.57 bits per heavy atom. The maximum atomic E-state index is 12.5. The van der Waals surface area contributed by atoms with E-state index in [0.29, 0.717) is 12.0 Å². The van der Waals surface area contributed by atoms with Crippen LogP contribution in [0.1, 0.15) is 29.3 Å². The average Bonchev–Trinajstić information content (AvgIpc) is 2.47. The van der Waals surface area contributed by atoms with Crippen LogP contribution in [-0.2, 0) is 15.3 Å². The predicted octanol–water partition coefficient (Wildman–Crippen LogP) is 1.43. The first-order chi connectivity index (χ1) is 10.1. The molecule has 1 aliphatic rings. The molecule has 5 nitrogen and oxygen atoms in total. The van der Waals surface area contributed by atoms with Crippen molar-refractivity contribution in [2.75, 3.05) is 12.8 Å². The molecule has 1 aromatic carbocycles. The summed E-state index contributed by atoms with van der Waals surface area (Å²) < 4.78 is 0. The first-order valence-electron chi connectivity index (χ1n) is 6.79. The number of hydrogen-bond acceptors (Lipinski definition) is 4. The van der Waals surface area contributed by atoms with Crippen molar-refractivity contribution in [2.24, 2.45) is 0 Å². The Labute approximate surface area is 128 Å². The van der Waals surface area contributed by atoms with Gasteiger partial charge in [0.2, 0.25) is 11.8 Å². The largest absolute Gasteiger partial charge is 0.317 e. The quantitative estimate of drug-likeness (QED) is 0.855. The van der Waals surface area contributed by atoms with Gasteiger partial charge in [0, 0.05) is 11.3 Å². The smallest absolute Gasteiger partial charge is 0.255 e. The number of nitrogens with zero attached hydrogens (tertiary/aromatic N) is 1. The lowest BCUT2D eigenvalue weighted by Crippen LogP contribution is -2.59. The number of hydrogen-bond donors (Lipinski definition) is 1. The van der Waals surface area contributed by atoms with Crippen LogP contribution in [0.2, 0.25) is 0 Å². The molecule has 21 heavy (non-hydrogen) atoms. The number of benzene rings is 1. The van der Waals surface area contributed by atoms with E-state index in [9.17, 15) is 14.4 Å². The molecule has 6 heteroatoms. The van der Waals surface area contributed by atoms with Gasteiger partial charge in [-0.1, -0.05) is 19.1 Å². The van der Waals surface area contributed by atoms with Crippen molar-refractivity contribution in [3.8, 4) is 0 Å². The van der Waals surface area contributed by atoms with Crippen molar-refractivity contribution >= 4 is 29.5 Å². The zero-order valence-electron chi connectivity index (χ0n) is 12.1. The second-order valence-electron chi connectivity index (χ2n) is 4.90. The Kier molecular flexibility index (Phi) is 5.01. The van der Waals surface area contributed by atoms with E-state index in [1.807, 2.05) is 25.3 Å². The van der Waals surface area contributed by atoms with Gasteiger partial charge in [0.05, 0.1) is 0 Å². The van der Waals surface area contributed by atoms with Crippen LogP contribution >= 0.6 is 11.8 Å². The molecule has 1 saturated heterocycles. The summed E-state index contributed by atoms with van der Waals surface area (Å²) in [6, 6.07) is 6.71. The maximum absolute atomic E-state index is 12.5. The van der Waals surface area contributed by atoms with Gasteiger partial charge in [0.1, 0.15) is 12.6 Å². The highest BCUT2D eigenvalue weighted by molar-refractivity contribution is 7.97. The predicted molar refractivity (Wildman–Crippen MR) is 81.9 cm³/mol. The summed E-state index contributed by atoms with van der Waals surface area (Å²) >= 11 is 1.71. The molecule has 2 rings (SSSR count). The Morgan fingerprint density at radius 2 is 2.00 bits per heavy atom. The molecule has 0 aliphatic carbocycles. The van der Waals surface area contributed by atoms with Crippen LogP contribution in [0.4, 0.5) is 0 Å². The highest BCUT2D eigenvalue weighted by Crippen LogP contribution is 2.16. The summed E-state index contributed by atoms with van der Waals surface area (Å²) in [4.78, 5) is 37.2. The van der Waals surface area contributed by atoms with Crippen molar-refractivity contribution in [3.05, 3.63) is 35.4 Å². The van der Waals surface area contributed by atoms with Crippen LogP contribution in [-0.4, -0.2) is 41.5 Å². The van der Waals surface area contributed by atoms with E-state index in [4.69, 9.17) is 0 Å². The van der Waals surface area contributed by atoms with E-state index in [0.717, 1.165) is 11.3 Å². The average molecular weight is 306 g/mol. The summed E-state index contributed by atoms with van der Waals surface area (Å²) in [5.74, 6) is -0.227. The first kappa shape index (κ1) is 15.6. The van der Waals surface area contributed by atoms with Crippen molar-refractivity contribution in [3.63, 3.8) is 0 Å². The monoisotopic (exact) mass is 306 g/mol. The molecule has 0 bridgehead atoms. The standard InChI is InChI=1S/C15H18N2O3S/c1-3-12-14(19)16-13(18)8-17(12)15(20)11-6-4-10(5-7-11)9-21-2/h4-7,12H,3,8-9H2,1-2H3,(H,16,18,19). The summed E-state index contributed by atoms with van der Waals surface area (Å²) in [6.45, 7) is 1.75. The lowest BCUT2D eigenvalue weighted by Gasteiger charge is -2.33. The van der Waals surface area contributed by atoms with E-state index in [-0.39, 0.29) is 12.5 Å². The molecule has 1 aromatic rings. The number of amides is 3. The number of imide groups is 1. The second-order valence-corrected chi connectivity index (χ2v) is 5.77. The Morgan fingerprint density at radius 1 is 1.33 bits per heavy atom. The highest BCUT2D eigenvalue weighted by atomic mass is 32.2. The number of piperazine rings is 1. The van der Waals surface area contributed by atoms with Crippen molar-refractivity contribution in [1.82, 2.24) is 10.2 Å². The lowest BCUT2D eigenvalue weighted by atomic mass is 10.1. The van der Waals surface area contributed by atoms with Crippen LogP contribution in [0, 0.1) is 0 Å². The molecule has 1 N–H and O–H groups in total. The molecule has 112 valence electrons. The van der Waals surface area contributed by atoms with Gasteiger partial charge in [0.15, 0.2) is 0 Å². The summed E-state index contributed by atoms with van der Waals surface area (Å²) in [5, 5.41) is 2.27. The fraction of sp³-hybridized carbons (Fsp3) is 0.400. The molecule has 0 radical (unpaired) electrons. The zero-order chi connectivity index (χ0) is 15.4. The summed E-state index contributed by atoms with van der Waals surface area (Å²) in [6.07, 6.45) is 2.50. The summed E-state index contributed by atoms with van der Waals surface area (Å²) in [7, 11) is 0. The van der Waals surface area contributed by atoms with E-state index >= 15 is 0 Å². The van der Waals surface area contributed by atoms with Crippen LogP contribution in [0.25, 0.3) is 0 Å². The van der Waals surface area contributed by atoms with E-state index < -0.39 is 17.9 Å². The minimum atomic E-state index is -0.582. The molecule has 0 saturated carbocycles. The Bertz CT molecular complexity index is 557. The van der Waals surface area contributed by atoms with Gasteiger partial charge in [-0.05, 0) is 30.4 Å². The SMILES string of the molecule is CCC1C(=O)NC(=O)CN1C(=O)c1ccc(CSC)cc1. The van der Waals surface area contributed by atoms with Gasteiger partial charge >= 0.3 is 0 Å². The molecular weight excluding hydrogens is 288 g/mol. The number of nitrogens with one attached hydrogen (secondary N) is 1. The van der Waals surface area contributed by atoms with Gasteiger partial charge in [-0.3, -0.25) is 19.7 Å². The van der Waals surface area contributed by atoms with E-state index in [2.05, 4.69) is 5.32 Å². The molecule has 1 unspecified atom stereocenters. The van der Waals surface area contributed by atoms with Crippen molar-refractivity contribution in [1.29, 1.82) is 0 Å². The number of thioether (sulfide) groups is 1. The van der Waals surface area contributed by atoms with Crippen molar-refractivity contribution in [2.45, 2.75) is 25.1 Å². The molecule has 0 aromatic heterocycles. The number of carbonyl (C=O) groups excluding carboxylic acids is 3. The fourth-order valence-corrected chi connectivity index (χ4v) is 2.89. The molecule has 1 aliphatic heterocycles. The Balaban J connectivity index is 2.20. The van der Waals surface area contributed by atoms with Gasteiger partial charge in [-0.15, -0.1) is 0 Å². The fourth-order valence-electron chi connectivity index (χ4n) is 2.36. The third kappa shape index (κ3) is 3.44. The second kappa shape index (κ2) is 6.76. The number of rotatable bonds is 4. The minimum Gasteiger partial charge on any atom is -0.317 e. The third-order valence-corrected chi connectivity index (χ3v) is 4.04. The maximum Gasteiger partial charge on any atom is 0.255 e. The zero-order valence-corrected chi connectivity index (χ0v) is 12.9. The molecule has 1 atom stereocenters. The van der Waals surface area contributed by atoms with Gasteiger partial charge in [0.25, 0.3) is 5.91 Å². The molecule has 1 fully saturated rings. The van der Waals surface area contributed by atoms with E-state index in [1.165, 1.54) is 4.90 Å². The van der Waals surface area contributed by atoms with Gasteiger partial charge in [-0.2, -0.15) is 11.8 Å². The third-order valence-electron chi connectivity index (χ3n) is 3.41. The van der Waals surface area contributed by atoms with E-state index in [1.54, 1.807) is 23.9 Å². The molecule has 3 amide bonds. The van der Waals surface area contributed by atoms with Crippen LogP contribution in [0.15, 0.2) is 24.3 Å². The van der Waals surface area contributed by atoms with Gasteiger partial charge < -0.3 is 4.90 Å². The highest BCUT2D eigenvalue weighted by Gasteiger charge is 2.35. The van der Waals surface area contributed by atoms with Crippen LogP contribution in [0.3, 0.4) is 0 Å². The molecule has 1 heterocycles. The van der Waals surface area contributed by atoms with Crippen LogP contribution in [0.5, 0.6) is 0 Å². The minimum absolute atomic E-state index is 0.0738. The van der Waals surface area contributed by atoms with Gasteiger partial charge in [-0.25, -0.2) is 0 Å². The topological polar surface area (TPSA) is 66.5 Å². The lowest BCUT2D eigenvalue weighted by molar-refractivity contribution is -0.138. The van der Waals surface area contributed by atoms with Crippen LogP contribution < -0.4 is 5.32 Å². The normalized spacial score (nSPS) is 18.6. The first-order valence-corrected chi connectivity index (χ1v) is 8.18. The number of carbonyl (C=O) groups is 3. The molecule has 0 spiro atoms. The van der Waals surface area contributed by atoms with Crippen molar-refractivity contribution < 1.29 is 14.4 Å². The summed E-state index contributed by atoms with van der Waals surface area (Å²) in [5.41, 5.74) is 1.64.